The van der Waals surface area contributed by atoms with Crippen LogP contribution in [-0.2, 0) is 0 Å². The van der Waals surface area contributed by atoms with E-state index in [1.54, 1.807) is 7.11 Å². The quantitative estimate of drug-likeness (QED) is 0.544. The number of carbonyl (C=O) groups is 1. The van der Waals surface area contributed by atoms with E-state index in [-0.39, 0.29) is 5.91 Å². The van der Waals surface area contributed by atoms with Crippen molar-refractivity contribution in [3.8, 4) is 17.0 Å². The maximum atomic E-state index is 12.9. The van der Waals surface area contributed by atoms with Gasteiger partial charge in [0.25, 0.3) is 5.91 Å². The van der Waals surface area contributed by atoms with Crippen LogP contribution in [-0.4, -0.2) is 23.0 Å². The standard InChI is InChI=1S/C20H17N3O2S/c1-12-22-18(13-6-8-14(25-2)9-7-13)19(26-12)20(24)23-17-5-3-4-16-15(17)10-11-21-16/h3-11,21H,1-2H3,(H,23,24). The Morgan fingerprint density at radius 2 is 1.96 bits per heavy atom. The molecule has 0 atom stereocenters. The molecule has 130 valence electrons. The van der Waals surface area contributed by atoms with E-state index in [4.69, 9.17) is 4.74 Å². The summed E-state index contributed by atoms with van der Waals surface area (Å²) in [4.78, 5) is 21.2. The van der Waals surface area contributed by atoms with E-state index in [1.807, 2.05) is 61.7 Å². The molecule has 2 aromatic carbocycles. The fraction of sp³-hybridized carbons (Fsp3) is 0.100. The zero-order valence-electron chi connectivity index (χ0n) is 14.4. The molecule has 0 saturated heterocycles. The highest BCUT2D eigenvalue weighted by Crippen LogP contribution is 2.31. The summed E-state index contributed by atoms with van der Waals surface area (Å²) in [5.41, 5.74) is 3.34. The van der Waals surface area contributed by atoms with Gasteiger partial charge in [0.2, 0.25) is 0 Å². The van der Waals surface area contributed by atoms with Crippen LogP contribution in [0.25, 0.3) is 22.2 Å². The van der Waals surface area contributed by atoms with Crippen molar-refractivity contribution in [3.05, 3.63) is 64.6 Å². The number of carbonyl (C=O) groups excluding carboxylic acids is 1. The fourth-order valence-electron chi connectivity index (χ4n) is 2.90. The summed E-state index contributed by atoms with van der Waals surface area (Å²) < 4.78 is 5.20. The minimum absolute atomic E-state index is 0.157. The van der Waals surface area contributed by atoms with E-state index >= 15 is 0 Å². The monoisotopic (exact) mass is 363 g/mol. The highest BCUT2D eigenvalue weighted by Gasteiger charge is 2.19. The minimum atomic E-state index is -0.157. The summed E-state index contributed by atoms with van der Waals surface area (Å²) in [6.45, 7) is 1.90. The Kier molecular flexibility index (Phi) is 4.18. The number of aromatic nitrogens is 2. The van der Waals surface area contributed by atoms with E-state index in [9.17, 15) is 4.79 Å². The molecule has 0 unspecified atom stereocenters. The maximum Gasteiger partial charge on any atom is 0.268 e. The van der Waals surface area contributed by atoms with Crippen LogP contribution in [0.15, 0.2) is 54.7 Å². The second kappa shape index (κ2) is 6.65. The first-order chi connectivity index (χ1) is 12.7. The van der Waals surface area contributed by atoms with Gasteiger partial charge in [-0.2, -0.15) is 0 Å². The second-order valence-corrected chi connectivity index (χ2v) is 7.04. The van der Waals surface area contributed by atoms with Crippen LogP contribution in [0.3, 0.4) is 0 Å². The van der Waals surface area contributed by atoms with Gasteiger partial charge in [-0.1, -0.05) is 6.07 Å². The van der Waals surface area contributed by atoms with Gasteiger partial charge in [-0.25, -0.2) is 4.98 Å². The van der Waals surface area contributed by atoms with Crippen LogP contribution in [0.5, 0.6) is 5.75 Å². The number of methoxy groups -OCH3 is 1. The lowest BCUT2D eigenvalue weighted by Crippen LogP contribution is -2.11. The first-order valence-electron chi connectivity index (χ1n) is 8.15. The lowest BCUT2D eigenvalue weighted by Gasteiger charge is -2.07. The zero-order valence-corrected chi connectivity index (χ0v) is 15.2. The number of hydrogen-bond acceptors (Lipinski definition) is 4. The number of aromatic amines is 1. The third-order valence-corrected chi connectivity index (χ3v) is 5.12. The number of hydrogen-bond donors (Lipinski definition) is 2. The number of H-pyrrole nitrogens is 1. The van der Waals surface area contributed by atoms with E-state index in [2.05, 4.69) is 15.3 Å². The summed E-state index contributed by atoms with van der Waals surface area (Å²) in [7, 11) is 1.63. The average molecular weight is 363 g/mol. The maximum absolute atomic E-state index is 12.9. The first kappa shape index (κ1) is 16.4. The molecule has 2 heterocycles. The fourth-order valence-corrected chi connectivity index (χ4v) is 3.74. The predicted molar refractivity (Wildman–Crippen MR) is 105 cm³/mol. The van der Waals surface area contributed by atoms with Crippen LogP contribution >= 0.6 is 11.3 Å². The highest BCUT2D eigenvalue weighted by atomic mass is 32.1. The topological polar surface area (TPSA) is 67.0 Å². The Morgan fingerprint density at radius 3 is 2.73 bits per heavy atom. The lowest BCUT2D eigenvalue weighted by atomic mass is 10.1. The summed E-state index contributed by atoms with van der Waals surface area (Å²) >= 11 is 1.39. The van der Waals surface area contributed by atoms with Gasteiger partial charge in [0.05, 0.1) is 23.5 Å². The van der Waals surface area contributed by atoms with Crippen molar-refractivity contribution in [3.63, 3.8) is 0 Å². The third-order valence-electron chi connectivity index (χ3n) is 4.15. The molecule has 2 N–H and O–H groups in total. The molecule has 2 aromatic heterocycles. The average Bonchev–Trinajstić information content (AvgIpc) is 3.29. The first-order valence-corrected chi connectivity index (χ1v) is 8.96. The molecule has 4 aromatic rings. The van der Waals surface area contributed by atoms with Crippen molar-refractivity contribution in [2.45, 2.75) is 6.92 Å². The van der Waals surface area contributed by atoms with E-state index in [0.717, 1.165) is 32.9 Å². The van der Waals surface area contributed by atoms with Crippen LogP contribution in [0.2, 0.25) is 0 Å². The molecule has 0 aliphatic rings. The number of thiazole rings is 1. The number of benzene rings is 2. The van der Waals surface area contributed by atoms with Gasteiger partial charge < -0.3 is 15.0 Å². The van der Waals surface area contributed by atoms with Gasteiger partial charge >= 0.3 is 0 Å². The van der Waals surface area contributed by atoms with Crippen LogP contribution < -0.4 is 10.1 Å². The Morgan fingerprint density at radius 1 is 1.15 bits per heavy atom. The smallest absolute Gasteiger partial charge is 0.268 e. The molecule has 5 nitrogen and oxygen atoms in total. The molecule has 4 rings (SSSR count). The Bertz CT molecular complexity index is 1080. The normalized spacial score (nSPS) is 10.8. The number of nitrogens with one attached hydrogen (secondary N) is 2. The number of amides is 1. The Balaban J connectivity index is 1.69. The Labute approximate surface area is 154 Å². The van der Waals surface area contributed by atoms with Crippen molar-refractivity contribution < 1.29 is 9.53 Å². The molecule has 0 aliphatic carbocycles. The molecule has 0 saturated carbocycles. The molecular formula is C20H17N3O2S. The third kappa shape index (κ3) is 2.95. The summed E-state index contributed by atoms with van der Waals surface area (Å²) in [6, 6.07) is 15.3. The SMILES string of the molecule is COc1ccc(-c2nc(C)sc2C(=O)Nc2cccc3[nH]ccc23)cc1. The van der Waals surface area contributed by atoms with Crippen molar-refractivity contribution in [2.24, 2.45) is 0 Å². The van der Waals surface area contributed by atoms with Gasteiger partial charge in [0, 0.05) is 22.7 Å². The molecule has 0 radical (unpaired) electrons. The predicted octanol–water partition coefficient (Wildman–Crippen LogP) is 4.86. The number of anilines is 1. The van der Waals surface area contributed by atoms with Gasteiger partial charge in [0.1, 0.15) is 10.6 Å². The van der Waals surface area contributed by atoms with Gasteiger partial charge in [-0.15, -0.1) is 11.3 Å². The van der Waals surface area contributed by atoms with Gasteiger partial charge in [0.15, 0.2) is 0 Å². The molecule has 0 spiro atoms. The molecule has 0 aliphatic heterocycles. The minimum Gasteiger partial charge on any atom is -0.497 e. The van der Waals surface area contributed by atoms with Crippen LogP contribution in [0, 0.1) is 6.92 Å². The van der Waals surface area contributed by atoms with E-state index in [1.165, 1.54) is 11.3 Å². The molecule has 1 amide bonds. The lowest BCUT2D eigenvalue weighted by molar-refractivity contribution is 0.103. The van der Waals surface area contributed by atoms with Gasteiger partial charge in [-0.05, 0) is 49.4 Å². The number of ether oxygens (including phenoxy) is 1. The molecule has 26 heavy (non-hydrogen) atoms. The van der Waals surface area contributed by atoms with Crippen LogP contribution in [0.4, 0.5) is 5.69 Å². The van der Waals surface area contributed by atoms with Crippen molar-refractivity contribution in [1.82, 2.24) is 9.97 Å². The van der Waals surface area contributed by atoms with Crippen molar-refractivity contribution in [2.75, 3.05) is 12.4 Å². The number of fused-ring (bicyclic) bond motifs is 1. The van der Waals surface area contributed by atoms with Crippen LogP contribution in [0.1, 0.15) is 14.7 Å². The molecule has 0 fully saturated rings. The summed E-state index contributed by atoms with van der Waals surface area (Å²) in [5, 5.41) is 4.85. The number of nitrogens with zero attached hydrogens (tertiary/aromatic N) is 1. The zero-order chi connectivity index (χ0) is 18.1. The van der Waals surface area contributed by atoms with Crippen molar-refractivity contribution >= 4 is 33.8 Å². The second-order valence-electron chi connectivity index (χ2n) is 5.84. The largest absolute Gasteiger partial charge is 0.497 e. The summed E-state index contributed by atoms with van der Waals surface area (Å²) in [6.07, 6.45) is 1.86. The molecule has 0 bridgehead atoms. The van der Waals surface area contributed by atoms with E-state index in [0.29, 0.717) is 10.6 Å². The molecule has 6 heteroatoms. The number of rotatable bonds is 4. The number of aryl methyl sites for hydroxylation is 1. The summed E-state index contributed by atoms with van der Waals surface area (Å²) in [5.74, 6) is 0.612. The Hall–Kier alpha value is -3.12. The van der Waals surface area contributed by atoms with Crippen molar-refractivity contribution in [1.29, 1.82) is 0 Å². The highest BCUT2D eigenvalue weighted by molar-refractivity contribution is 7.14. The molecular weight excluding hydrogens is 346 g/mol. The van der Waals surface area contributed by atoms with E-state index < -0.39 is 0 Å². The van der Waals surface area contributed by atoms with Gasteiger partial charge in [-0.3, -0.25) is 4.79 Å².